The predicted octanol–water partition coefficient (Wildman–Crippen LogP) is 3.19. The molecule has 0 rings (SSSR count). The Hall–Kier alpha value is -0.600. The highest BCUT2D eigenvalue weighted by Gasteiger charge is 1.94. The largest absolute Gasteiger partial charge is 0.376 e. The summed E-state index contributed by atoms with van der Waals surface area (Å²) in [6.45, 7) is 16.3. The van der Waals surface area contributed by atoms with E-state index in [9.17, 15) is 0 Å². The molecule has 0 aliphatic rings. The number of hydrogen-bond acceptors (Lipinski definition) is 2. The van der Waals surface area contributed by atoms with Crippen molar-refractivity contribution in [1.82, 2.24) is 0 Å². The van der Waals surface area contributed by atoms with Gasteiger partial charge in [-0.15, -0.1) is 13.2 Å². The lowest BCUT2D eigenvalue weighted by Gasteiger charge is -2.09. The van der Waals surface area contributed by atoms with E-state index in [4.69, 9.17) is 9.47 Å². The molecule has 0 bridgehead atoms. The molecule has 2 heteroatoms. The van der Waals surface area contributed by atoms with E-state index in [1.165, 1.54) is 0 Å². The Bertz CT molecular complexity index is 114. The van der Waals surface area contributed by atoms with Gasteiger partial charge < -0.3 is 9.47 Å². The third-order valence-corrected chi connectivity index (χ3v) is 1.02. The maximum atomic E-state index is 5.25. The first-order chi connectivity index (χ1) is 6.54. The summed E-state index contributed by atoms with van der Waals surface area (Å²) >= 11 is 0. The molecule has 0 amide bonds. The third-order valence-electron chi connectivity index (χ3n) is 1.02. The average Bonchev–Trinajstić information content (AvgIpc) is 2.04. The highest BCUT2D eigenvalue weighted by Crippen LogP contribution is 1.93. The van der Waals surface area contributed by atoms with Gasteiger partial charge in [-0.25, -0.2) is 0 Å². The van der Waals surface area contributed by atoms with E-state index in [2.05, 4.69) is 13.2 Å². The van der Waals surface area contributed by atoms with Gasteiger partial charge in [-0.1, -0.05) is 12.2 Å². The molecule has 0 aromatic heterocycles. The number of ether oxygens (including phenoxy) is 2. The van der Waals surface area contributed by atoms with Crippen molar-refractivity contribution >= 4 is 0 Å². The zero-order chi connectivity index (χ0) is 11.4. The van der Waals surface area contributed by atoms with Gasteiger partial charge in [-0.3, -0.25) is 0 Å². The molecule has 0 aromatic rings. The lowest BCUT2D eigenvalue weighted by molar-refractivity contribution is 0.0300. The SMILES string of the molecule is C=CCOCC=C.CC(C)OC(C)C. The van der Waals surface area contributed by atoms with Crippen LogP contribution in [0.2, 0.25) is 0 Å². The quantitative estimate of drug-likeness (QED) is 0.484. The van der Waals surface area contributed by atoms with E-state index in [0.29, 0.717) is 25.4 Å². The first-order valence-corrected chi connectivity index (χ1v) is 4.99. The van der Waals surface area contributed by atoms with Gasteiger partial charge in [0.05, 0.1) is 25.4 Å². The summed E-state index contributed by atoms with van der Waals surface area (Å²) in [4.78, 5) is 0. The van der Waals surface area contributed by atoms with E-state index in [1.54, 1.807) is 12.2 Å². The van der Waals surface area contributed by atoms with E-state index in [-0.39, 0.29) is 0 Å². The Morgan fingerprint density at radius 3 is 1.43 bits per heavy atom. The fourth-order valence-corrected chi connectivity index (χ4v) is 0.779. The number of rotatable bonds is 6. The second-order valence-electron chi connectivity index (χ2n) is 3.35. The van der Waals surface area contributed by atoms with Crippen molar-refractivity contribution in [2.75, 3.05) is 13.2 Å². The molecule has 0 unspecified atom stereocenters. The van der Waals surface area contributed by atoms with Crippen LogP contribution in [0.25, 0.3) is 0 Å². The minimum atomic E-state index is 0.375. The summed E-state index contributed by atoms with van der Waals surface area (Å²) in [5, 5.41) is 0. The van der Waals surface area contributed by atoms with Crippen LogP contribution < -0.4 is 0 Å². The topological polar surface area (TPSA) is 18.5 Å². The fraction of sp³-hybridized carbons (Fsp3) is 0.667. The van der Waals surface area contributed by atoms with Gasteiger partial charge in [0.2, 0.25) is 0 Å². The molecule has 0 atom stereocenters. The van der Waals surface area contributed by atoms with Crippen molar-refractivity contribution in [2.45, 2.75) is 39.9 Å². The molecule has 0 spiro atoms. The van der Waals surface area contributed by atoms with Crippen LogP contribution in [-0.4, -0.2) is 25.4 Å². The van der Waals surface area contributed by atoms with Crippen LogP contribution >= 0.6 is 0 Å². The molecule has 0 saturated carbocycles. The molecule has 0 radical (unpaired) electrons. The molecule has 0 aliphatic heterocycles. The maximum absolute atomic E-state index is 5.25. The first kappa shape index (κ1) is 15.9. The molecule has 0 saturated heterocycles. The predicted molar refractivity (Wildman–Crippen MR) is 62.6 cm³/mol. The summed E-state index contributed by atoms with van der Waals surface area (Å²) < 4.78 is 10.1. The highest BCUT2D eigenvalue weighted by atomic mass is 16.5. The van der Waals surface area contributed by atoms with Crippen molar-refractivity contribution in [3.8, 4) is 0 Å². The van der Waals surface area contributed by atoms with Crippen LogP contribution in [0.4, 0.5) is 0 Å². The van der Waals surface area contributed by atoms with Crippen LogP contribution in [0.3, 0.4) is 0 Å². The lowest BCUT2D eigenvalue weighted by Crippen LogP contribution is -2.09. The Morgan fingerprint density at radius 1 is 0.929 bits per heavy atom. The van der Waals surface area contributed by atoms with Gasteiger partial charge in [0, 0.05) is 0 Å². The first-order valence-electron chi connectivity index (χ1n) is 4.99. The summed E-state index contributed by atoms with van der Waals surface area (Å²) in [7, 11) is 0. The molecule has 0 heterocycles. The smallest absolute Gasteiger partial charge is 0.0649 e. The molecule has 2 nitrogen and oxygen atoms in total. The van der Waals surface area contributed by atoms with Crippen molar-refractivity contribution < 1.29 is 9.47 Å². The van der Waals surface area contributed by atoms with E-state index < -0.39 is 0 Å². The monoisotopic (exact) mass is 200 g/mol. The summed E-state index contributed by atoms with van der Waals surface area (Å²) in [5.41, 5.74) is 0. The van der Waals surface area contributed by atoms with Gasteiger partial charge in [0.25, 0.3) is 0 Å². The van der Waals surface area contributed by atoms with Crippen LogP contribution in [-0.2, 0) is 9.47 Å². The van der Waals surface area contributed by atoms with Crippen molar-refractivity contribution in [3.05, 3.63) is 25.3 Å². The van der Waals surface area contributed by atoms with Gasteiger partial charge in [0.1, 0.15) is 0 Å². The minimum Gasteiger partial charge on any atom is -0.376 e. The van der Waals surface area contributed by atoms with Gasteiger partial charge in [-0.2, -0.15) is 0 Å². The van der Waals surface area contributed by atoms with E-state index in [1.807, 2.05) is 27.7 Å². The van der Waals surface area contributed by atoms with Gasteiger partial charge in [-0.05, 0) is 27.7 Å². The zero-order valence-corrected chi connectivity index (χ0v) is 9.95. The second kappa shape index (κ2) is 12.4. The highest BCUT2D eigenvalue weighted by molar-refractivity contribution is 4.68. The molecule has 0 aromatic carbocycles. The fourth-order valence-electron chi connectivity index (χ4n) is 0.779. The maximum Gasteiger partial charge on any atom is 0.0649 e. The molecule has 14 heavy (non-hydrogen) atoms. The Balaban J connectivity index is 0. The average molecular weight is 200 g/mol. The Morgan fingerprint density at radius 2 is 1.29 bits per heavy atom. The summed E-state index contributed by atoms with van der Waals surface area (Å²) in [6, 6.07) is 0. The standard InChI is InChI=1S/C6H14O.C6H10O/c1-5(2)7-6(3)4;1-3-5-7-6-4-2/h5-6H,1-4H3;3-4H,1-2,5-6H2. The van der Waals surface area contributed by atoms with Crippen LogP contribution in [0, 0.1) is 0 Å². The van der Waals surface area contributed by atoms with Crippen LogP contribution in [0.1, 0.15) is 27.7 Å². The number of hydrogen-bond donors (Lipinski definition) is 0. The van der Waals surface area contributed by atoms with Crippen molar-refractivity contribution in [3.63, 3.8) is 0 Å². The molecule has 0 N–H and O–H groups in total. The minimum absolute atomic E-state index is 0.375. The van der Waals surface area contributed by atoms with Gasteiger partial charge in [0.15, 0.2) is 0 Å². The Labute approximate surface area is 88.6 Å². The van der Waals surface area contributed by atoms with Crippen LogP contribution in [0.5, 0.6) is 0 Å². The molecular formula is C12H24O2. The Kier molecular flexibility index (Phi) is 14.0. The third kappa shape index (κ3) is 22.5. The van der Waals surface area contributed by atoms with Gasteiger partial charge >= 0.3 is 0 Å². The molecular weight excluding hydrogens is 176 g/mol. The molecule has 84 valence electrons. The normalized spacial score (nSPS) is 9.57. The van der Waals surface area contributed by atoms with E-state index >= 15 is 0 Å². The summed E-state index contributed by atoms with van der Waals surface area (Å²) in [5.74, 6) is 0. The van der Waals surface area contributed by atoms with Crippen LogP contribution in [0.15, 0.2) is 25.3 Å². The lowest BCUT2D eigenvalue weighted by atomic mass is 10.4. The van der Waals surface area contributed by atoms with Crippen molar-refractivity contribution in [2.24, 2.45) is 0 Å². The van der Waals surface area contributed by atoms with E-state index in [0.717, 1.165) is 0 Å². The zero-order valence-electron chi connectivity index (χ0n) is 9.95. The second-order valence-corrected chi connectivity index (χ2v) is 3.35. The van der Waals surface area contributed by atoms with Crippen molar-refractivity contribution in [1.29, 1.82) is 0 Å². The molecule has 0 aliphatic carbocycles. The summed E-state index contributed by atoms with van der Waals surface area (Å²) in [6.07, 6.45) is 4.17. The molecule has 0 fully saturated rings.